The van der Waals surface area contributed by atoms with Gasteiger partial charge in [0.2, 0.25) is 0 Å². The molecule has 1 unspecified atom stereocenters. The predicted octanol–water partition coefficient (Wildman–Crippen LogP) is 1.59. The zero-order valence-electron chi connectivity index (χ0n) is 11.4. The van der Waals surface area contributed by atoms with Crippen LogP contribution in [0.1, 0.15) is 19.3 Å². The Balaban J connectivity index is 1.60. The predicted molar refractivity (Wildman–Crippen MR) is 78.4 cm³/mol. The molecule has 3 heterocycles. The van der Waals surface area contributed by atoms with Gasteiger partial charge in [0, 0.05) is 31.5 Å². The van der Waals surface area contributed by atoms with Gasteiger partial charge in [-0.1, -0.05) is 0 Å². The van der Waals surface area contributed by atoms with Crippen molar-refractivity contribution in [3.63, 3.8) is 0 Å². The lowest BCUT2D eigenvalue weighted by Gasteiger charge is -2.27. The fraction of sp³-hybridized carbons (Fsp3) is 0.533. The van der Waals surface area contributed by atoms with E-state index in [2.05, 4.69) is 25.9 Å². The van der Waals surface area contributed by atoms with Crippen LogP contribution in [0, 0.1) is 11.8 Å². The number of hydrogen-bond donors (Lipinski definition) is 1. The third-order valence-corrected chi connectivity index (χ3v) is 4.73. The van der Waals surface area contributed by atoms with Gasteiger partial charge in [0.15, 0.2) is 5.65 Å². The molecule has 0 aromatic carbocycles. The molecule has 2 aromatic rings. The fourth-order valence-corrected chi connectivity index (χ4v) is 3.68. The third-order valence-electron chi connectivity index (χ3n) is 4.73. The molecule has 0 spiro atoms. The van der Waals surface area contributed by atoms with E-state index in [1.54, 1.807) is 12.4 Å². The van der Waals surface area contributed by atoms with Gasteiger partial charge < -0.3 is 10.6 Å². The van der Waals surface area contributed by atoms with Gasteiger partial charge >= 0.3 is 0 Å². The first-order valence-corrected chi connectivity index (χ1v) is 7.38. The summed E-state index contributed by atoms with van der Waals surface area (Å²) in [6.07, 6.45) is 6.99. The smallest absolute Gasteiger partial charge is 0.180 e. The lowest BCUT2D eigenvalue weighted by Crippen LogP contribution is -2.32. The van der Waals surface area contributed by atoms with Crippen molar-refractivity contribution in [2.45, 2.75) is 25.3 Å². The highest BCUT2D eigenvalue weighted by Gasteiger charge is 2.37. The van der Waals surface area contributed by atoms with Crippen molar-refractivity contribution in [2.75, 3.05) is 18.0 Å². The second kappa shape index (κ2) is 4.66. The average Bonchev–Trinajstić information content (AvgIpc) is 2.89. The quantitative estimate of drug-likeness (QED) is 0.851. The van der Waals surface area contributed by atoms with Crippen LogP contribution in [-0.2, 0) is 0 Å². The Kier molecular flexibility index (Phi) is 2.80. The molecule has 5 nitrogen and oxygen atoms in total. The van der Waals surface area contributed by atoms with Crippen LogP contribution in [0.4, 0.5) is 5.82 Å². The Morgan fingerprint density at radius 1 is 1.05 bits per heavy atom. The second-order valence-electron chi connectivity index (χ2n) is 6.07. The van der Waals surface area contributed by atoms with E-state index in [1.165, 1.54) is 12.8 Å². The molecule has 2 aliphatic rings. The summed E-state index contributed by atoms with van der Waals surface area (Å²) in [6, 6.07) is 4.47. The number of fused-ring (bicyclic) bond motifs is 2. The van der Waals surface area contributed by atoms with E-state index in [1.807, 2.05) is 6.07 Å². The summed E-state index contributed by atoms with van der Waals surface area (Å²) < 4.78 is 0. The van der Waals surface area contributed by atoms with Crippen molar-refractivity contribution in [2.24, 2.45) is 17.6 Å². The van der Waals surface area contributed by atoms with E-state index in [0.29, 0.717) is 6.04 Å². The molecule has 3 atom stereocenters. The van der Waals surface area contributed by atoms with Crippen LogP contribution in [0.3, 0.4) is 0 Å². The van der Waals surface area contributed by atoms with E-state index in [9.17, 15) is 0 Å². The minimum absolute atomic E-state index is 0.395. The molecular weight excluding hydrogens is 250 g/mol. The number of hydrogen-bond acceptors (Lipinski definition) is 5. The van der Waals surface area contributed by atoms with Crippen molar-refractivity contribution in [1.82, 2.24) is 15.0 Å². The summed E-state index contributed by atoms with van der Waals surface area (Å²) >= 11 is 0. The number of pyridine rings is 1. The molecule has 1 aliphatic carbocycles. The summed E-state index contributed by atoms with van der Waals surface area (Å²) in [7, 11) is 0. The lowest BCUT2D eigenvalue weighted by molar-refractivity contribution is 0.271. The van der Waals surface area contributed by atoms with E-state index in [0.717, 1.165) is 48.3 Å². The lowest BCUT2D eigenvalue weighted by atomic mass is 9.79. The van der Waals surface area contributed by atoms with Crippen LogP contribution < -0.4 is 10.6 Å². The highest BCUT2D eigenvalue weighted by atomic mass is 15.2. The molecule has 2 N–H and O–H groups in total. The summed E-state index contributed by atoms with van der Waals surface area (Å²) in [6.45, 7) is 2.19. The Morgan fingerprint density at radius 2 is 1.90 bits per heavy atom. The first kappa shape index (κ1) is 12.0. The number of nitrogens with two attached hydrogens (primary N) is 1. The molecule has 1 aliphatic heterocycles. The largest absolute Gasteiger partial charge is 0.356 e. The number of nitrogens with zero attached hydrogens (tertiary/aromatic N) is 4. The van der Waals surface area contributed by atoms with Gasteiger partial charge in [-0.3, -0.25) is 4.98 Å². The van der Waals surface area contributed by atoms with Gasteiger partial charge in [-0.15, -0.1) is 0 Å². The molecule has 20 heavy (non-hydrogen) atoms. The maximum absolute atomic E-state index is 6.10. The van der Waals surface area contributed by atoms with Gasteiger partial charge in [0.25, 0.3) is 0 Å². The van der Waals surface area contributed by atoms with Gasteiger partial charge in [-0.25, -0.2) is 9.97 Å². The topological polar surface area (TPSA) is 67.9 Å². The maximum Gasteiger partial charge on any atom is 0.180 e. The highest BCUT2D eigenvalue weighted by Crippen LogP contribution is 2.37. The Hall–Kier alpha value is -1.75. The van der Waals surface area contributed by atoms with Gasteiger partial charge in [-0.05, 0) is 43.2 Å². The van der Waals surface area contributed by atoms with E-state index < -0.39 is 0 Å². The van der Waals surface area contributed by atoms with Crippen LogP contribution in [0.25, 0.3) is 11.2 Å². The number of anilines is 1. The molecule has 1 saturated carbocycles. The minimum atomic E-state index is 0.395. The average molecular weight is 269 g/mol. The monoisotopic (exact) mass is 269 g/mol. The molecule has 2 fully saturated rings. The minimum Gasteiger partial charge on any atom is -0.356 e. The molecule has 2 aromatic heterocycles. The van der Waals surface area contributed by atoms with Crippen molar-refractivity contribution in [3.05, 3.63) is 24.5 Å². The normalized spacial score (nSPS) is 29.6. The molecule has 4 rings (SSSR count). The number of aromatic nitrogens is 3. The van der Waals surface area contributed by atoms with E-state index in [4.69, 9.17) is 5.73 Å². The zero-order valence-corrected chi connectivity index (χ0v) is 11.4. The molecule has 0 radical (unpaired) electrons. The fourth-order valence-electron chi connectivity index (χ4n) is 3.68. The SMILES string of the molecule is NC1CC[C@@H]2CN(c3ccc4nccnc4n3)C[C@@H]2C1. The molecule has 5 heteroatoms. The van der Waals surface area contributed by atoms with Crippen LogP contribution in [0.15, 0.2) is 24.5 Å². The summed E-state index contributed by atoms with van der Waals surface area (Å²) in [5.74, 6) is 2.55. The Morgan fingerprint density at radius 3 is 2.85 bits per heavy atom. The van der Waals surface area contributed by atoms with Crippen molar-refractivity contribution in [1.29, 1.82) is 0 Å². The third kappa shape index (κ3) is 2.02. The van der Waals surface area contributed by atoms with Gasteiger partial charge in [0.05, 0.1) is 0 Å². The standard InChI is InChI=1S/C15H19N5/c16-12-2-1-10-8-20(9-11(10)7-12)14-4-3-13-15(19-14)18-6-5-17-13/h3-6,10-12H,1-2,7-9,16H2/t10-,11+,12?/m1/s1. The van der Waals surface area contributed by atoms with Crippen molar-refractivity contribution >= 4 is 17.0 Å². The highest BCUT2D eigenvalue weighted by molar-refractivity contribution is 5.71. The van der Waals surface area contributed by atoms with E-state index >= 15 is 0 Å². The Labute approximate surface area is 118 Å². The number of rotatable bonds is 1. The summed E-state index contributed by atoms with van der Waals surface area (Å²) in [4.78, 5) is 15.6. The van der Waals surface area contributed by atoms with Gasteiger partial charge in [0.1, 0.15) is 11.3 Å². The first-order valence-electron chi connectivity index (χ1n) is 7.38. The molecule has 1 saturated heterocycles. The molecular formula is C15H19N5. The molecule has 0 bridgehead atoms. The second-order valence-corrected chi connectivity index (χ2v) is 6.07. The zero-order chi connectivity index (χ0) is 13.5. The Bertz CT molecular complexity index is 628. The summed E-state index contributed by atoms with van der Waals surface area (Å²) in [5, 5.41) is 0. The van der Waals surface area contributed by atoms with Crippen LogP contribution >= 0.6 is 0 Å². The van der Waals surface area contributed by atoms with Crippen LogP contribution in [-0.4, -0.2) is 34.1 Å². The van der Waals surface area contributed by atoms with Crippen LogP contribution in [0.5, 0.6) is 0 Å². The molecule has 0 amide bonds. The molecule has 104 valence electrons. The maximum atomic E-state index is 6.10. The van der Waals surface area contributed by atoms with Crippen molar-refractivity contribution in [3.8, 4) is 0 Å². The van der Waals surface area contributed by atoms with Gasteiger partial charge in [-0.2, -0.15) is 0 Å². The summed E-state index contributed by atoms with van der Waals surface area (Å²) in [5.41, 5.74) is 7.69. The first-order chi connectivity index (χ1) is 9.79. The van der Waals surface area contributed by atoms with E-state index in [-0.39, 0.29) is 0 Å². The van der Waals surface area contributed by atoms with Crippen molar-refractivity contribution < 1.29 is 0 Å². The van der Waals surface area contributed by atoms with Crippen LogP contribution in [0.2, 0.25) is 0 Å².